The maximum absolute atomic E-state index is 14.2. The summed E-state index contributed by atoms with van der Waals surface area (Å²) >= 11 is 0. The van der Waals surface area contributed by atoms with Crippen molar-refractivity contribution >= 4 is 6.02 Å². The van der Waals surface area contributed by atoms with Gasteiger partial charge < -0.3 is 15.2 Å². The van der Waals surface area contributed by atoms with Gasteiger partial charge in [0, 0.05) is 12.5 Å². The molecule has 2 spiro atoms. The summed E-state index contributed by atoms with van der Waals surface area (Å²) in [6.45, 7) is -0.00779. The molecule has 0 bridgehead atoms. The number of aliphatic imine (C=N–C) groups is 1. The molecule has 3 aliphatic rings. The quantitative estimate of drug-likeness (QED) is 0.785. The summed E-state index contributed by atoms with van der Waals surface area (Å²) in [5, 5.41) is 9.26. The van der Waals surface area contributed by atoms with Crippen LogP contribution in [-0.4, -0.2) is 25.8 Å². The normalized spacial score (nSPS) is 33.9. The highest BCUT2D eigenvalue weighted by molar-refractivity contribution is 5.76. The predicted octanol–water partition coefficient (Wildman–Crippen LogP) is 4.28. The van der Waals surface area contributed by atoms with Gasteiger partial charge in [0.25, 0.3) is 6.02 Å². The Bertz CT molecular complexity index is 1210. The van der Waals surface area contributed by atoms with E-state index >= 15 is 0 Å². The van der Waals surface area contributed by atoms with Crippen molar-refractivity contribution in [1.29, 1.82) is 5.26 Å². The molecule has 0 unspecified atom stereocenters. The Morgan fingerprint density at radius 3 is 2.84 bits per heavy atom. The van der Waals surface area contributed by atoms with Crippen LogP contribution in [-0.2, 0) is 21.4 Å². The Morgan fingerprint density at radius 2 is 2.16 bits per heavy atom. The van der Waals surface area contributed by atoms with Gasteiger partial charge in [0.1, 0.15) is 17.9 Å². The highest BCUT2D eigenvalue weighted by Gasteiger charge is 2.62. The lowest BCUT2D eigenvalue weighted by Crippen LogP contribution is -2.48. The number of hydrogen-bond acceptors (Lipinski definition) is 5. The van der Waals surface area contributed by atoms with E-state index in [1.807, 2.05) is 24.3 Å². The highest BCUT2D eigenvalue weighted by atomic mass is 19.1. The minimum Gasteiger partial charge on any atom is -0.462 e. The number of halogens is 1. The van der Waals surface area contributed by atoms with E-state index < -0.39 is 23.3 Å². The number of fused-ring (bicyclic) bond motifs is 3. The molecular weight excluding hydrogens is 393 g/mol. The molecule has 31 heavy (non-hydrogen) atoms. The molecule has 0 radical (unpaired) electrons. The van der Waals surface area contributed by atoms with Crippen LogP contribution >= 0.6 is 0 Å². The lowest BCUT2D eigenvalue weighted by Gasteiger charge is -2.47. The van der Waals surface area contributed by atoms with Crippen LogP contribution in [0.15, 0.2) is 41.4 Å². The molecule has 1 aliphatic heterocycles. The molecule has 6 heteroatoms. The van der Waals surface area contributed by atoms with Gasteiger partial charge in [-0.25, -0.2) is 9.38 Å². The van der Waals surface area contributed by atoms with Crippen LogP contribution in [0.25, 0.3) is 11.1 Å². The number of nitrogens with zero attached hydrogens (tertiary/aromatic N) is 2. The molecule has 2 aromatic rings. The zero-order valence-electron chi connectivity index (χ0n) is 19.6. The van der Waals surface area contributed by atoms with Crippen LogP contribution in [0.1, 0.15) is 45.6 Å². The standard InChI is InChI=1S/C25H26FN3O2/c1-15-11-24(6-5-22(15)30-2)12-18-4-3-17(19-7-16(13-27)8-20(26)9-19)10-21(18)25(24)14-31-23(28)29-25/h3-4,7-10,15,22H,5-6,11-12,14H2,1-2H3,(H2,28,29)/t15-,22-,24-,25+/m0/s1/i14D2. The first-order valence-corrected chi connectivity index (χ1v) is 10.6. The van der Waals surface area contributed by atoms with Gasteiger partial charge in [-0.05, 0) is 78.1 Å². The minimum atomic E-state index is -2.14. The number of methoxy groups -OCH3 is 1. The average Bonchev–Trinajstić information content (AvgIpc) is 3.17. The van der Waals surface area contributed by atoms with Gasteiger partial charge in [-0.3, -0.25) is 0 Å². The fourth-order valence-electron chi connectivity index (χ4n) is 5.92. The predicted molar refractivity (Wildman–Crippen MR) is 116 cm³/mol. The van der Waals surface area contributed by atoms with Crippen molar-refractivity contribution in [1.82, 2.24) is 0 Å². The Balaban J connectivity index is 1.70. The summed E-state index contributed by atoms with van der Waals surface area (Å²) in [5.41, 5.74) is 7.33. The zero-order chi connectivity index (χ0) is 23.6. The second-order valence-corrected chi connectivity index (χ2v) is 9.03. The lowest BCUT2D eigenvalue weighted by molar-refractivity contribution is -0.0445. The first kappa shape index (κ1) is 17.7. The first-order chi connectivity index (χ1) is 15.6. The molecule has 4 atom stereocenters. The molecule has 1 heterocycles. The molecular formula is C25H26FN3O2. The van der Waals surface area contributed by atoms with Crippen molar-refractivity contribution in [3.8, 4) is 17.2 Å². The molecule has 5 nitrogen and oxygen atoms in total. The SMILES string of the molecule is [2H]C1([2H])OC(N)=N[C@@]12c1cc(-c3cc(F)cc(C#N)c3)ccc1C[C@@]21CC[C@H](OC)[C@@H](C)C1. The first-order valence-electron chi connectivity index (χ1n) is 11.6. The number of hydrogen-bond donors (Lipinski definition) is 1. The summed E-state index contributed by atoms with van der Waals surface area (Å²) in [7, 11) is 1.72. The van der Waals surface area contributed by atoms with E-state index in [9.17, 15) is 9.65 Å². The van der Waals surface area contributed by atoms with Crippen LogP contribution < -0.4 is 5.73 Å². The van der Waals surface area contributed by atoms with E-state index in [2.05, 4.69) is 6.92 Å². The Labute approximate surface area is 184 Å². The number of nitrogens with two attached hydrogens (primary N) is 1. The molecule has 0 aromatic heterocycles. The third-order valence-corrected chi connectivity index (χ3v) is 7.29. The topological polar surface area (TPSA) is 80.6 Å². The summed E-state index contributed by atoms with van der Waals surface area (Å²) in [6.07, 6.45) is 2.99. The molecule has 160 valence electrons. The van der Waals surface area contributed by atoms with Crippen LogP contribution in [0, 0.1) is 28.5 Å². The van der Waals surface area contributed by atoms with E-state index in [4.69, 9.17) is 22.9 Å². The monoisotopic (exact) mass is 421 g/mol. The smallest absolute Gasteiger partial charge is 0.283 e. The minimum absolute atomic E-state index is 0.109. The second kappa shape index (κ2) is 7.06. The Morgan fingerprint density at radius 1 is 1.32 bits per heavy atom. The zero-order valence-corrected chi connectivity index (χ0v) is 17.6. The fourth-order valence-corrected chi connectivity index (χ4v) is 5.92. The van der Waals surface area contributed by atoms with E-state index in [-0.39, 0.29) is 23.6 Å². The highest BCUT2D eigenvalue weighted by Crippen LogP contribution is 2.62. The Kier molecular flexibility index (Phi) is 4.04. The molecule has 2 aliphatic carbocycles. The number of rotatable bonds is 2. The fraction of sp³-hybridized carbons (Fsp3) is 0.440. The van der Waals surface area contributed by atoms with Crippen molar-refractivity contribution in [2.24, 2.45) is 22.1 Å². The van der Waals surface area contributed by atoms with E-state index in [0.29, 0.717) is 24.0 Å². The van der Waals surface area contributed by atoms with Crippen molar-refractivity contribution in [3.05, 3.63) is 58.9 Å². The van der Waals surface area contributed by atoms with Gasteiger partial charge in [0.2, 0.25) is 0 Å². The molecule has 1 saturated carbocycles. The van der Waals surface area contributed by atoms with Crippen LogP contribution in [0.2, 0.25) is 0 Å². The van der Waals surface area contributed by atoms with Gasteiger partial charge in [0.15, 0.2) is 0 Å². The van der Waals surface area contributed by atoms with Gasteiger partial charge in [-0.15, -0.1) is 0 Å². The summed E-state index contributed by atoms with van der Waals surface area (Å²) in [6, 6.07) is 11.8. The van der Waals surface area contributed by atoms with Crippen molar-refractivity contribution in [2.45, 2.75) is 44.2 Å². The van der Waals surface area contributed by atoms with Gasteiger partial charge in [-0.1, -0.05) is 19.1 Å². The average molecular weight is 422 g/mol. The maximum atomic E-state index is 14.2. The number of amidine groups is 1. The summed E-state index contributed by atoms with van der Waals surface area (Å²) in [5.74, 6) is -0.284. The molecule has 0 amide bonds. The molecule has 0 saturated heterocycles. The van der Waals surface area contributed by atoms with Gasteiger partial charge >= 0.3 is 0 Å². The summed E-state index contributed by atoms with van der Waals surface area (Å²) < 4.78 is 43.1. The lowest BCUT2D eigenvalue weighted by atomic mass is 9.59. The van der Waals surface area contributed by atoms with E-state index in [1.54, 1.807) is 13.2 Å². The maximum Gasteiger partial charge on any atom is 0.283 e. The van der Waals surface area contributed by atoms with E-state index in [1.165, 1.54) is 12.1 Å². The third-order valence-electron chi connectivity index (χ3n) is 7.29. The van der Waals surface area contributed by atoms with Crippen molar-refractivity contribution in [3.63, 3.8) is 0 Å². The third kappa shape index (κ3) is 2.95. The number of benzene rings is 2. The van der Waals surface area contributed by atoms with Crippen LogP contribution in [0.5, 0.6) is 0 Å². The van der Waals surface area contributed by atoms with Gasteiger partial charge in [-0.2, -0.15) is 5.26 Å². The van der Waals surface area contributed by atoms with Crippen LogP contribution in [0.4, 0.5) is 4.39 Å². The second-order valence-electron chi connectivity index (χ2n) is 9.03. The molecule has 2 aromatic carbocycles. The molecule has 5 rings (SSSR count). The molecule has 1 fully saturated rings. The number of nitriles is 1. The van der Waals surface area contributed by atoms with Crippen molar-refractivity contribution < 1.29 is 16.6 Å². The van der Waals surface area contributed by atoms with Crippen LogP contribution in [0.3, 0.4) is 0 Å². The Hall–Kier alpha value is -2.91. The van der Waals surface area contributed by atoms with Crippen molar-refractivity contribution in [2.75, 3.05) is 13.7 Å². The van der Waals surface area contributed by atoms with Gasteiger partial charge in [0.05, 0.1) is 20.5 Å². The largest absolute Gasteiger partial charge is 0.462 e. The molecule has 2 N–H and O–H groups in total. The summed E-state index contributed by atoms with van der Waals surface area (Å²) in [4.78, 5) is 4.69. The number of ether oxygens (including phenoxy) is 2. The van der Waals surface area contributed by atoms with E-state index in [0.717, 1.165) is 24.0 Å².